The topological polar surface area (TPSA) is 67.3 Å². The summed E-state index contributed by atoms with van der Waals surface area (Å²) in [7, 11) is 4.09. The maximum Gasteiger partial charge on any atom is 0.122 e. The Balaban J connectivity index is 2.29. The van der Waals surface area contributed by atoms with Crippen molar-refractivity contribution in [2.24, 2.45) is 12.8 Å². The lowest BCUT2D eigenvalue weighted by Crippen LogP contribution is -2.43. The summed E-state index contributed by atoms with van der Waals surface area (Å²) in [5.74, 6) is 1.06. The minimum atomic E-state index is -0.413. The highest BCUT2D eigenvalue weighted by Crippen LogP contribution is 2.13. The molecule has 0 fully saturated rings. The summed E-state index contributed by atoms with van der Waals surface area (Å²) in [5, 5.41) is 9.24. The molecule has 1 heterocycles. The lowest BCUT2D eigenvalue weighted by Gasteiger charge is -2.26. The third-order valence-corrected chi connectivity index (χ3v) is 3.57. The zero-order chi connectivity index (χ0) is 13.6. The summed E-state index contributed by atoms with van der Waals surface area (Å²) in [5.41, 5.74) is 5.65. The van der Waals surface area contributed by atoms with Crippen LogP contribution in [0, 0.1) is 0 Å². The standard InChI is InChI=1S/C13H26N4O/c1-4-13(14,11-18)6-5-8-16(2)10-12-15-7-9-17(12)3/h7,9,18H,4-6,8,10-11,14H2,1-3H3. The third-order valence-electron chi connectivity index (χ3n) is 3.57. The zero-order valence-electron chi connectivity index (χ0n) is 11.8. The van der Waals surface area contributed by atoms with Crippen LogP contribution in [0.2, 0.25) is 0 Å². The molecule has 0 aromatic carbocycles. The first-order valence-electron chi connectivity index (χ1n) is 6.55. The van der Waals surface area contributed by atoms with E-state index in [2.05, 4.69) is 16.9 Å². The fraction of sp³-hybridized carbons (Fsp3) is 0.769. The van der Waals surface area contributed by atoms with E-state index in [-0.39, 0.29) is 6.61 Å². The summed E-state index contributed by atoms with van der Waals surface area (Å²) in [6.45, 7) is 3.89. The van der Waals surface area contributed by atoms with Crippen molar-refractivity contribution in [3.63, 3.8) is 0 Å². The van der Waals surface area contributed by atoms with E-state index in [9.17, 15) is 5.11 Å². The minimum absolute atomic E-state index is 0.0621. The van der Waals surface area contributed by atoms with Crippen molar-refractivity contribution in [2.75, 3.05) is 20.2 Å². The number of hydrogen-bond donors (Lipinski definition) is 2. The van der Waals surface area contributed by atoms with Crippen molar-refractivity contribution in [1.82, 2.24) is 14.5 Å². The van der Waals surface area contributed by atoms with Crippen LogP contribution in [0.1, 0.15) is 32.0 Å². The Morgan fingerprint density at radius 2 is 2.28 bits per heavy atom. The Kier molecular flexibility index (Phi) is 5.78. The van der Waals surface area contributed by atoms with Gasteiger partial charge in [-0.3, -0.25) is 4.90 Å². The summed E-state index contributed by atoms with van der Waals surface area (Å²) in [4.78, 5) is 6.53. The molecule has 0 bridgehead atoms. The fourth-order valence-corrected chi connectivity index (χ4v) is 1.94. The van der Waals surface area contributed by atoms with Crippen molar-refractivity contribution in [3.8, 4) is 0 Å². The van der Waals surface area contributed by atoms with Crippen molar-refractivity contribution >= 4 is 0 Å². The third kappa shape index (κ3) is 4.40. The molecule has 5 heteroatoms. The van der Waals surface area contributed by atoms with Gasteiger partial charge in [-0.05, 0) is 32.9 Å². The Morgan fingerprint density at radius 3 is 2.78 bits per heavy atom. The number of nitrogens with two attached hydrogens (primary N) is 1. The molecule has 0 aliphatic carbocycles. The molecule has 1 unspecified atom stereocenters. The van der Waals surface area contributed by atoms with Gasteiger partial charge in [0.05, 0.1) is 13.2 Å². The van der Waals surface area contributed by atoms with Crippen LogP contribution in [0.3, 0.4) is 0 Å². The molecule has 0 aliphatic heterocycles. The zero-order valence-corrected chi connectivity index (χ0v) is 11.8. The average Bonchev–Trinajstić information content (AvgIpc) is 2.75. The van der Waals surface area contributed by atoms with Gasteiger partial charge in [0.25, 0.3) is 0 Å². The quantitative estimate of drug-likeness (QED) is 0.718. The first-order chi connectivity index (χ1) is 8.50. The SMILES string of the molecule is CCC(N)(CO)CCCN(C)Cc1nccn1C. The largest absolute Gasteiger partial charge is 0.394 e. The molecule has 0 aliphatic rings. The van der Waals surface area contributed by atoms with Crippen molar-refractivity contribution in [2.45, 2.75) is 38.3 Å². The second kappa shape index (κ2) is 6.87. The van der Waals surface area contributed by atoms with Crippen LogP contribution in [0.15, 0.2) is 12.4 Å². The first-order valence-corrected chi connectivity index (χ1v) is 6.55. The number of hydrogen-bond acceptors (Lipinski definition) is 4. The molecule has 104 valence electrons. The van der Waals surface area contributed by atoms with Crippen LogP contribution in [0.25, 0.3) is 0 Å². The van der Waals surface area contributed by atoms with E-state index in [0.717, 1.165) is 38.2 Å². The van der Waals surface area contributed by atoms with E-state index in [4.69, 9.17) is 5.73 Å². The van der Waals surface area contributed by atoms with E-state index in [1.165, 1.54) is 0 Å². The normalized spacial score (nSPS) is 15.0. The monoisotopic (exact) mass is 254 g/mol. The summed E-state index contributed by atoms with van der Waals surface area (Å²) < 4.78 is 2.03. The maximum absolute atomic E-state index is 9.24. The fourth-order valence-electron chi connectivity index (χ4n) is 1.94. The number of aliphatic hydroxyl groups excluding tert-OH is 1. The predicted octanol–water partition coefficient (Wildman–Crippen LogP) is 0.732. The van der Waals surface area contributed by atoms with Crippen LogP contribution in [0.5, 0.6) is 0 Å². The molecule has 0 spiro atoms. The molecular weight excluding hydrogens is 228 g/mol. The van der Waals surface area contributed by atoms with Gasteiger partial charge in [0.2, 0.25) is 0 Å². The van der Waals surface area contributed by atoms with Gasteiger partial charge in [0.1, 0.15) is 5.82 Å². The minimum Gasteiger partial charge on any atom is -0.394 e. The van der Waals surface area contributed by atoms with Crippen molar-refractivity contribution in [1.29, 1.82) is 0 Å². The van der Waals surface area contributed by atoms with E-state index >= 15 is 0 Å². The van der Waals surface area contributed by atoms with Crippen LogP contribution in [-0.2, 0) is 13.6 Å². The summed E-state index contributed by atoms with van der Waals surface area (Å²) >= 11 is 0. The van der Waals surface area contributed by atoms with Gasteiger partial charge in [-0.1, -0.05) is 6.92 Å². The van der Waals surface area contributed by atoms with Gasteiger partial charge in [-0.15, -0.1) is 0 Å². The lowest BCUT2D eigenvalue weighted by atomic mass is 9.92. The molecule has 1 atom stereocenters. The Morgan fingerprint density at radius 1 is 1.56 bits per heavy atom. The van der Waals surface area contributed by atoms with E-state index < -0.39 is 5.54 Å². The molecule has 0 saturated carbocycles. The molecule has 0 amide bonds. The molecule has 5 nitrogen and oxygen atoms in total. The molecule has 1 aromatic heterocycles. The summed E-state index contributed by atoms with van der Waals surface area (Å²) in [6.07, 6.45) is 6.43. The smallest absolute Gasteiger partial charge is 0.122 e. The molecule has 0 saturated heterocycles. The second-order valence-corrected chi connectivity index (χ2v) is 5.17. The predicted molar refractivity (Wildman–Crippen MR) is 73.1 cm³/mol. The highest BCUT2D eigenvalue weighted by atomic mass is 16.3. The van der Waals surface area contributed by atoms with Crippen LogP contribution >= 0.6 is 0 Å². The van der Waals surface area contributed by atoms with Gasteiger partial charge < -0.3 is 15.4 Å². The second-order valence-electron chi connectivity index (χ2n) is 5.17. The number of aliphatic hydroxyl groups is 1. The first kappa shape index (κ1) is 15.1. The van der Waals surface area contributed by atoms with Crippen LogP contribution < -0.4 is 5.73 Å². The van der Waals surface area contributed by atoms with E-state index in [1.54, 1.807) is 0 Å². The molecule has 1 aromatic rings. The van der Waals surface area contributed by atoms with Gasteiger partial charge in [0, 0.05) is 25.0 Å². The Labute approximate surface area is 110 Å². The van der Waals surface area contributed by atoms with Gasteiger partial charge >= 0.3 is 0 Å². The van der Waals surface area contributed by atoms with Crippen LogP contribution in [-0.4, -0.2) is 45.3 Å². The number of rotatable bonds is 8. The number of aromatic nitrogens is 2. The molecule has 1 rings (SSSR count). The Hall–Kier alpha value is -0.910. The molecule has 3 N–H and O–H groups in total. The van der Waals surface area contributed by atoms with Gasteiger partial charge in [0.15, 0.2) is 0 Å². The Bertz CT molecular complexity index is 347. The van der Waals surface area contributed by atoms with E-state index in [0.29, 0.717) is 0 Å². The molecular formula is C13H26N4O. The molecule has 18 heavy (non-hydrogen) atoms. The molecule has 0 radical (unpaired) electrons. The van der Waals surface area contributed by atoms with Crippen molar-refractivity contribution in [3.05, 3.63) is 18.2 Å². The van der Waals surface area contributed by atoms with E-state index in [1.807, 2.05) is 30.9 Å². The average molecular weight is 254 g/mol. The highest BCUT2D eigenvalue weighted by Gasteiger charge is 2.20. The van der Waals surface area contributed by atoms with Gasteiger partial charge in [-0.2, -0.15) is 0 Å². The number of nitrogens with zero attached hydrogens (tertiary/aromatic N) is 3. The van der Waals surface area contributed by atoms with Gasteiger partial charge in [-0.25, -0.2) is 4.98 Å². The summed E-state index contributed by atoms with van der Waals surface area (Å²) in [6, 6.07) is 0. The van der Waals surface area contributed by atoms with Crippen molar-refractivity contribution < 1.29 is 5.11 Å². The van der Waals surface area contributed by atoms with Crippen LogP contribution in [0.4, 0.5) is 0 Å². The number of imidazole rings is 1. The number of aryl methyl sites for hydroxylation is 1. The maximum atomic E-state index is 9.24. The lowest BCUT2D eigenvalue weighted by molar-refractivity contribution is 0.174. The highest BCUT2D eigenvalue weighted by molar-refractivity contribution is 4.90.